The molecule has 1 amide bonds. The minimum absolute atomic E-state index is 0.0221. The van der Waals surface area contributed by atoms with E-state index in [-0.39, 0.29) is 18.6 Å². The van der Waals surface area contributed by atoms with Gasteiger partial charge in [-0.25, -0.2) is 4.79 Å². The van der Waals surface area contributed by atoms with Gasteiger partial charge in [0.05, 0.1) is 5.56 Å². The molecule has 0 aliphatic heterocycles. The molecule has 0 unspecified atom stereocenters. The first kappa shape index (κ1) is 18.6. The highest BCUT2D eigenvalue weighted by atomic mass is 16.4. The minimum atomic E-state index is -1.14. The van der Waals surface area contributed by atoms with Crippen LogP contribution in [0.25, 0.3) is 21.5 Å². The first-order valence-electron chi connectivity index (χ1n) is 8.97. The van der Waals surface area contributed by atoms with Crippen LogP contribution in [-0.2, 0) is 9.59 Å². The molecule has 0 fully saturated rings. The van der Waals surface area contributed by atoms with E-state index in [0.29, 0.717) is 12.0 Å². The summed E-state index contributed by atoms with van der Waals surface area (Å²) in [7, 11) is 0. The summed E-state index contributed by atoms with van der Waals surface area (Å²) in [4.78, 5) is 36.1. The average Bonchev–Trinajstić information content (AvgIpc) is 2.68. The summed E-state index contributed by atoms with van der Waals surface area (Å²) in [5, 5.41) is 15.4. The maximum Gasteiger partial charge on any atom is 0.326 e. The van der Waals surface area contributed by atoms with Crippen LogP contribution < -0.4 is 5.32 Å². The molecule has 5 nitrogen and oxygen atoms in total. The molecule has 0 saturated heterocycles. The van der Waals surface area contributed by atoms with Gasteiger partial charge in [-0.1, -0.05) is 55.5 Å². The van der Waals surface area contributed by atoms with Gasteiger partial charge >= 0.3 is 5.97 Å². The lowest BCUT2D eigenvalue weighted by atomic mass is 9.96. The molecule has 3 aromatic rings. The van der Waals surface area contributed by atoms with E-state index in [4.69, 9.17) is 0 Å². The third-order valence-corrected chi connectivity index (χ3v) is 4.71. The predicted molar refractivity (Wildman–Crippen MR) is 105 cm³/mol. The van der Waals surface area contributed by atoms with Crippen molar-refractivity contribution >= 4 is 39.2 Å². The van der Waals surface area contributed by atoms with Crippen molar-refractivity contribution in [1.82, 2.24) is 5.32 Å². The molecule has 5 heteroatoms. The molecule has 0 spiro atoms. The number of Topliss-reactive ketones (excluding diaryl/α,β-unsaturated/α-hetero) is 1. The fraction of sp³-hybridized carbons (Fsp3) is 0.227. The molecule has 0 aliphatic carbocycles. The zero-order valence-corrected chi connectivity index (χ0v) is 15.1. The number of fused-ring (bicyclic) bond motifs is 2. The number of amides is 1. The highest BCUT2D eigenvalue weighted by Crippen LogP contribution is 2.28. The lowest BCUT2D eigenvalue weighted by Crippen LogP contribution is -2.41. The number of ketones is 1. The Bertz CT molecular complexity index is 971. The van der Waals surface area contributed by atoms with Crippen LogP contribution in [-0.4, -0.2) is 28.8 Å². The Morgan fingerprint density at radius 2 is 1.52 bits per heavy atom. The van der Waals surface area contributed by atoms with E-state index in [2.05, 4.69) is 5.32 Å². The van der Waals surface area contributed by atoms with Crippen molar-refractivity contribution in [2.45, 2.75) is 32.2 Å². The molecule has 0 aromatic heterocycles. The van der Waals surface area contributed by atoms with E-state index in [9.17, 15) is 19.5 Å². The van der Waals surface area contributed by atoms with Crippen LogP contribution in [0.3, 0.4) is 0 Å². The monoisotopic (exact) mass is 363 g/mol. The molecular weight excluding hydrogens is 342 g/mol. The molecule has 3 aromatic carbocycles. The van der Waals surface area contributed by atoms with Gasteiger partial charge in [0.2, 0.25) is 0 Å². The summed E-state index contributed by atoms with van der Waals surface area (Å²) >= 11 is 0. The van der Waals surface area contributed by atoms with Crippen molar-refractivity contribution in [3.63, 3.8) is 0 Å². The number of carbonyl (C=O) groups excluding carboxylic acids is 2. The van der Waals surface area contributed by atoms with E-state index in [1.165, 1.54) is 0 Å². The summed E-state index contributed by atoms with van der Waals surface area (Å²) in [6.45, 7) is 1.74. The van der Waals surface area contributed by atoms with Gasteiger partial charge in [0.1, 0.15) is 11.8 Å². The molecule has 138 valence electrons. The molecule has 0 saturated carbocycles. The molecule has 3 rings (SSSR count). The Hall–Kier alpha value is -3.21. The molecule has 0 heterocycles. The summed E-state index contributed by atoms with van der Waals surface area (Å²) in [6, 6.07) is 16.0. The maximum absolute atomic E-state index is 13.0. The third kappa shape index (κ3) is 3.97. The molecule has 2 N–H and O–H groups in total. The first-order valence-corrected chi connectivity index (χ1v) is 8.97. The third-order valence-electron chi connectivity index (χ3n) is 4.71. The maximum atomic E-state index is 13.0. The zero-order valence-electron chi connectivity index (χ0n) is 15.1. The van der Waals surface area contributed by atoms with Gasteiger partial charge in [-0.2, -0.15) is 0 Å². The van der Waals surface area contributed by atoms with Gasteiger partial charge in [0.25, 0.3) is 5.91 Å². The molecule has 27 heavy (non-hydrogen) atoms. The van der Waals surface area contributed by atoms with Crippen LogP contribution in [0.4, 0.5) is 0 Å². The number of hydrogen-bond donors (Lipinski definition) is 2. The zero-order chi connectivity index (χ0) is 19.4. The van der Waals surface area contributed by atoms with Gasteiger partial charge in [-0.15, -0.1) is 0 Å². The Morgan fingerprint density at radius 3 is 2.04 bits per heavy atom. The average molecular weight is 363 g/mol. The van der Waals surface area contributed by atoms with E-state index in [0.717, 1.165) is 21.5 Å². The number of carboxylic acid groups (broad SMARTS) is 1. The normalized spacial score (nSPS) is 12.0. The highest BCUT2D eigenvalue weighted by Gasteiger charge is 2.23. The van der Waals surface area contributed by atoms with Gasteiger partial charge in [-0.05, 0) is 34.0 Å². The van der Waals surface area contributed by atoms with Crippen LogP contribution in [0.15, 0.2) is 54.6 Å². The number of carboxylic acids is 1. The minimum Gasteiger partial charge on any atom is -0.480 e. The van der Waals surface area contributed by atoms with Crippen molar-refractivity contribution < 1.29 is 19.5 Å². The highest BCUT2D eigenvalue weighted by molar-refractivity contribution is 6.18. The fourth-order valence-electron chi connectivity index (χ4n) is 3.23. The fourth-order valence-corrected chi connectivity index (χ4v) is 3.23. The van der Waals surface area contributed by atoms with Crippen molar-refractivity contribution in [3.05, 3.63) is 60.2 Å². The van der Waals surface area contributed by atoms with E-state index < -0.39 is 17.9 Å². The van der Waals surface area contributed by atoms with Gasteiger partial charge in [0, 0.05) is 12.8 Å². The van der Waals surface area contributed by atoms with Gasteiger partial charge < -0.3 is 10.4 Å². The number of carbonyl (C=O) groups is 3. The number of rotatable bonds is 7. The van der Waals surface area contributed by atoms with E-state index in [1.54, 1.807) is 6.92 Å². The number of nitrogens with one attached hydrogen (secondary N) is 1. The molecule has 1 atom stereocenters. The largest absolute Gasteiger partial charge is 0.480 e. The van der Waals surface area contributed by atoms with Crippen LogP contribution in [0.1, 0.15) is 36.5 Å². The number of hydrogen-bond acceptors (Lipinski definition) is 3. The smallest absolute Gasteiger partial charge is 0.326 e. The number of benzene rings is 3. The van der Waals surface area contributed by atoms with Crippen molar-refractivity contribution in [2.75, 3.05) is 0 Å². The first-order chi connectivity index (χ1) is 13.0. The lowest BCUT2D eigenvalue weighted by Gasteiger charge is -2.16. The Kier molecular flexibility index (Phi) is 5.50. The Balaban J connectivity index is 2.00. The van der Waals surface area contributed by atoms with E-state index >= 15 is 0 Å². The summed E-state index contributed by atoms with van der Waals surface area (Å²) in [5.74, 6) is -1.61. The molecule has 0 radical (unpaired) electrons. The van der Waals surface area contributed by atoms with Crippen LogP contribution in [0.2, 0.25) is 0 Å². The van der Waals surface area contributed by atoms with Crippen molar-refractivity contribution in [2.24, 2.45) is 0 Å². The number of aliphatic carboxylic acids is 1. The SMILES string of the molecule is CCC(=O)CC[C@@H](NC(=O)c1c2ccccc2cc2ccccc12)C(=O)O. The van der Waals surface area contributed by atoms with E-state index in [1.807, 2.05) is 54.6 Å². The quantitative estimate of drug-likeness (QED) is 0.623. The summed E-state index contributed by atoms with van der Waals surface area (Å²) in [5.41, 5.74) is 0.455. The van der Waals surface area contributed by atoms with Crippen LogP contribution >= 0.6 is 0 Å². The van der Waals surface area contributed by atoms with Crippen LogP contribution in [0, 0.1) is 0 Å². The van der Waals surface area contributed by atoms with Crippen molar-refractivity contribution in [1.29, 1.82) is 0 Å². The molecule has 0 aliphatic rings. The van der Waals surface area contributed by atoms with Crippen molar-refractivity contribution in [3.8, 4) is 0 Å². The molecular formula is C22H21NO4. The summed E-state index contributed by atoms with van der Waals surface area (Å²) in [6.07, 6.45) is 0.564. The second kappa shape index (κ2) is 7.99. The van der Waals surface area contributed by atoms with Gasteiger partial charge in [-0.3, -0.25) is 9.59 Å². The van der Waals surface area contributed by atoms with Crippen LogP contribution in [0.5, 0.6) is 0 Å². The second-order valence-corrected chi connectivity index (χ2v) is 6.49. The predicted octanol–water partition coefficient (Wildman–Crippen LogP) is 3.94. The second-order valence-electron chi connectivity index (χ2n) is 6.49. The van der Waals surface area contributed by atoms with Gasteiger partial charge in [0.15, 0.2) is 0 Å². The Labute approximate surface area is 157 Å². The topological polar surface area (TPSA) is 83.5 Å². The lowest BCUT2D eigenvalue weighted by molar-refractivity contribution is -0.139. The molecule has 0 bridgehead atoms. The summed E-state index contributed by atoms with van der Waals surface area (Å²) < 4.78 is 0. The standard InChI is InChI=1S/C22H21NO4/c1-2-16(24)11-12-19(22(26)27)23-21(25)20-17-9-5-3-7-14(17)13-15-8-4-6-10-18(15)20/h3-10,13,19H,2,11-12H2,1H3,(H,23,25)(H,26,27)/t19-/m1/s1. The Morgan fingerprint density at radius 1 is 0.963 bits per heavy atom.